The fraction of sp³-hybridized carbons (Fsp3) is 0.375. The molecule has 1 unspecified atom stereocenters. The number of benzene rings is 2. The highest BCUT2D eigenvalue weighted by atomic mass is 35.5. The minimum atomic E-state index is 0.238. The van der Waals surface area contributed by atoms with Gasteiger partial charge in [-0.2, -0.15) is 0 Å². The second-order valence-electron chi connectivity index (χ2n) is 8.05. The Hall–Kier alpha value is -2.50. The van der Waals surface area contributed by atoms with Gasteiger partial charge in [0.05, 0.1) is 7.11 Å². The molecule has 3 aromatic rings. The summed E-state index contributed by atoms with van der Waals surface area (Å²) in [5, 5.41) is 1.91. The van der Waals surface area contributed by atoms with Gasteiger partial charge in [-0.3, -0.25) is 9.69 Å². The van der Waals surface area contributed by atoms with Crippen LogP contribution in [0.25, 0.3) is 10.9 Å². The van der Waals surface area contributed by atoms with Crippen LogP contribution in [0, 0.1) is 0 Å². The number of aromatic amines is 1. The molecule has 2 heterocycles. The average Bonchev–Trinajstić information content (AvgIpc) is 3.15. The van der Waals surface area contributed by atoms with Crippen molar-refractivity contribution in [3.05, 3.63) is 64.8 Å². The van der Waals surface area contributed by atoms with Gasteiger partial charge >= 0.3 is 0 Å². The lowest BCUT2D eigenvalue weighted by atomic mass is 10.0. The predicted molar refractivity (Wildman–Crippen MR) is 121 cm³/mol. The van der Waals surface area contributed by atoms with Gasteiger partial charge in [-0.15, -0.1) is 0 Å². The molecule has 6 heteroatoms. The summed E-state index contributed by atoms with van der Waals surface area (Å²) in [6, 6.07) is 14.3. The van der Waals surface area contributed by atoms with Crippen LogP contribution in [0.15, 0.2) is 48.7 Å². The maximum atomic E-state index is 12.8. The number of hydrogen-bond acceptors (Lipinski definition) is 3. The number of nitrogens with zero attached hydrogens (tertiary/aromatic N) is 2. The first-order valence-electron chi connectivity index (χ1n) is 10.4. The number of carbonyl (C=O) groups is 1. The molecule has 4 rings (SSSR count). The SMILES string of the molecule is COc1cc(Cl)cc(CN(C)C2CCN(CCc3c[nH]c4ccccc34)C(=O)C2)c1. The highest BCUT2D eigenvalue weighted by Crippen LogP contribution is 2.24. The number of ether oxygens (including phenoxy) is 1. The molecule has 0 aliphatic carbocycles. The van der Waals surface area contributed by atoms with Gasteiger partial charge in [-0.25, -0.2) is 0 Å². The van der Waals surface area contributed by atoms with Crippen molar-refractivity contribution < 1.29 is 9.53 Å². The highest BCUT2D eigenvalue weighted by Gasteiger charge is 2.28. The van der Waals surface area contributed by atoms with E-state index >= 15 is 0 Å². The van der Waals surface area contributed by atoms with Crippen molar-refractivity contribution in [2.24, 2.45) is 0 Å². The Bertz CT molecular complexity index is 1030. The number of para-hydroxylation sites is 1. The van der Waals surface area contributed by atoms with Crippen LogP contribution >= 0.6 is 11.6 Å². The van der Waals surface area contributed by atoms with Crippen LogP contribution in [-0.2, 0) is 17.8 Å². The van der Waals surface area contributed by atoms with Crippen molar-refractivity contribution in [3.63, 3.8) is 0 Å². The molecule has 158 valence electrons. The minimum absolute atomic E-state index is 0.238. The number of methoxy groups -OCH3 is 1. The van der Waals surface area contributed by atoms with E-state index < -0.39 is 0 Å². The Balaban J connectivity index is 1.32. The summed E-state index contributed by atoms with van der Waals surface area (Å²) in [6.45, 7) is 2.31. The van der Waals surface area contributed by atoms with Crippen LogP contribution in [0.3, 0.4) is 0 Å². The molecule has 1 fully saturated rings. The maximum Gasteiger partial charge on any atom is 0.224 e. The zero-order valence-electron chi connectivity index (χ0n) is 17.5. The Morgan fingerprint density at radius 1 is 1.27 bits per heavy atom. The van der Waals surface area contributed by atoms with Gasteiger partial charge in [0.15, 0.2) is 0 Å². The molecule has 1 atom stereocenters. The van der Waals surface area contributed by atoms with Crippen LogP contribution in [0.5, 0.6) is 5.75 Å². The first kappa shape index (κ1) is 20.8. The molecule has 0 spiro atoms. The van der Waals surface area contributed by atoms with Crippen molar-refractivity contribution in [1.29, 1.82) is 0 Å². The van der Waals surface area contributed by atoms with Crippen LogP contribution in [0.1, 0.15) is 24.0 Å². The Labute approximate surface area is 182 Å². The van der Waals surface area contributed by atoms with Crippen molar-refractivity contribution in [3.8, 4) is 5.75 Å². The van der Waals surface area contributed by atoms with Crippen molar-refractivity contribution in [1.82, 2.24) is 14.8 Å². The Morgan fingerprint density at radius 2 is 2.10 bits per heavy atom. The molecule has 2 aromatic carbocycles. The molecule has 1 aliphatic heterocycles. The lowest BCUT2D eigenvalue weighted by Crippen LogP contribution is -2.46. The van der Waals surface area contributed by atoms with Gasteiger partial charge in [-0.1, -0.05) is 29.8 Å². The van der Waals surface area contributed by atoms with Crippen LogP contribution in [-0.4, -0.2) is 54.0 Å². The highest BCUT2D eigenvalue weighted by molar-refractivity contribution is 6.30. The quantitative estimate of drug-likeness (QED) is 0.606. The first-order chi connectivity index (χ1) is 14.5. The largest absolute Gasteiger partial charge is 0.497 e. The maximum absolute atomic E-state index is 12.8. The van der Waals surface area contributed by atoms with E-state index in [0.29, 0.717) is 11.4 Å². The molecule has 1 aliphatic rings. The van der Waals surface area contributed by atoms with Gasteiger partial charge in [0.1, 0.15) is 5.75 Å². The summed E-state index contributed by atoms with van der Waals surface area (Å²) < 4.78 is 5.31. The van der Waals surface area contributed by atoms with Crippen molar-refractivity contribution in [2.45, 2.75) is 31.8 Å². The number of fused-ring (bicyclic) bond motifs is 1. The topological polar surface area (TPSA) is 48.6 Å². The van der Waals surface area contributed by atoms with Gasteiger partial charge < -0.3 is 14.6 Å². The van der Waals surface area contributed by atoms with Gasteiger partial charge in [0.25, 0.3) is 0 Å². The monoisotopic (exact) mass is 425 g/mol. The van der Waals surface area contributed by atoms with E-state index in [-0.39, 0.29) is 11.9 Å². The molecule has 0 bridgehead atoms. The number of H-pyrrole nitrogens is 1. The van der Waals surface area contributed by atoms with Crippen LogP contribution < -0.4 is 4.74 Å². The molecule has 0 saturated carbocycles. The van der Waals surface area contributed by atoms with E-state index in [2.05, 4.69) is 41.3 Å². The number of rotatable bonds is 7. The lowest BCUT2D eigenvalue weighted by molar-refractivity contribution is -0.135. The summed E-state index contributed by atoms with van der Waals surface area (Å²) in [7, 11) is 3.72. The molecule has 1 N–H and O–H groups in total. The zero-order chi connectivity index (χ0) is 21.1. The van der Waals surface area contributed by atoms with Crippen molar-refractivity contribution in [2.75, 3.05) is 27.2 Å². The lowest BCUT2D eigenvalue weighted by Gasteiger charge is -2.36. The van der Waals surface area contributed by atoms with E-state index in [9.17, 15) is 4.79 Å². The third kappa shape index (κ3) is 4.63. The molecule has 1 aromatic heterocycles. The molecule has 1 amide bonds. The fourth-order valence-electron chi connectivity index (χ4n) is 4.32. The molecule has 5 nitrogen and oxygen atoms in total. The zero-order valence-corrected chi connectivity index (χ0v) is 18.3. The van der Waals surface area contributed by atoms with Crippen LogP contribution in [0.4, 0.5) is 0 Å². The normalized spacial score (nSPS) is 17.1. The molecule has 30 heavy (non-hydrogen) atoms. The summed E-state index contributed by atoms with van der Waals surface area (Å²) in [5.41, 5.74) is 3.51. The number of nitrogens with one attached hydrogen (secondary N) is 1. The van der Waals surface area contributed by atoms with Gasteiger partial charge in [0, 0.05) is 54.2 Å². The predicted octanol–water partition coefficient (Wildman–Crippen LogP) is 4.50. The molecular formula is C24H28ClN3O2. The number of amides is 1. The number of halogens is 1. The standard InChI is InChI=1S/C24H28ClN3O2/c1-27(16-17-11-19(25)13-21(12-17)30-2)20-8-10-28(24(29)14-20)9-7-18-15-26-23-6-4-3-5-22(18)23/h3-6,11-13,15,20,26H,7-10,14,16H2,1-2H3. The van der Waals surface area contributed by atoms with E-state index in [0.717, 1.165) is 49.3 Å². The number of hydrogen-bond donors (Lipinski definition) is 1. The summed E-state index contributed by atoms with van der Waals surface area (Å²) in [5.74, 6) is 0.996. The van der Waals surface area contributed by atoms with E-state index in [1.165, 1.54) is 10.9 Å². The molecule has 0 radical (unpaired) electrons. The second kappa shape index (κ2) is 9.11. The van der Waals surface area contributed by atoms with Gasteiger partial charge in [0.2, 0.25) is 5.91 Å². The summed E-state index contributed by atoms with van der Waals surface area (Å²) >= 11 is 6.19. The third-order valence-corrected chi connectivity index (χ3v) is 6.26. The molecule has 1 saturated heterocycles. The van der Waals surface area contributed by atoms with Gasteiger partial charge in [-0.05, 0) is 55.3 Å². The number of carbonyl (C=O) groups excluding carboxylic acids is 1. The average molecular weight is 426 g/mol. The fourth-order valence-corrected chi connectivity index (χ4v) is 4.56. The summed E-state index contributed by atoms with van der Waals surface area (Å²) in [4.78, 5) is 20.4. The van der Waals surface area contributed by atoms with E-state index in [4.69, 9.17) is 16.3 Å². The number of piperidine rings is 1. The Morgan fingerprint density at radius 3 is 2.90 bits per heavy atom. The summed E-state index contributed by atoms with van der Waals surface area (Å²) in [6.07, 6.45) is 4.48. The second-order valence-corrected chi connectivity index (χ2v) is 8.49. The first-order valence-corrected chi connectivity index (χ1v) is 10.8. The van der Waals surface area contributed by atoms with Crippen LogP contribution in [0.2, 0.25) is 5.02 Å². The van der Waals surface area contributed by atoms with E-state index in [1.54, 1.807) is 13.2 Å². The smallest absolute Gasteiger partial charge is 0.224 e. The molecular weight excluding hydrogens is 398 g/mol. The Kier molecular flexibility index (Phi) is 6.30. The van der Waals surface area contributed by atoms with E-state index in [1.807, 2.05) is 23.1 Å². The third-order valence-electron chi connectivity index (χ3n) is 6.04. The number of aromatic nitrogens is 1. The number of likely N-dealkylation sites (tertiary alicyclic amines) is 1. The minimum Gasteiger partial charge on any atom is -0.497 e. The van der Waals surface area contributed by atoms with Crippen molar-refractivity contribution >= 4 is 28.4 Å².